The van der Waals surface area contributed by atoms with Gasteiger partial charge in [-0.15, -0.1) is 0 Å². The van der Waals surface area contributed by atoms with Crippen molar-refractivity contribution in [3.63, 3.8) is 0 Å². The molecule has 2 aromatic carbocycles. The second-order valence-electron chi connectivity index (χ2n) is 12.1. The Morgan fingerprint density at radius 3 is 1.47 bits per heavy atom. The third-order valence-electron chi connectivity index (χ3n) is 8.67. The highest BCUT2D eigenvalue weighted by Crippen LogP contribution is 2.38. The first-order valence-corrected chi connectivity index (χ1v) is 17.1. The maximum atomic E-state index is 12.9. The minimum atomic E-state index is -4.52. The molecule has 14 heteroatoms. The number of halogens is 8. The van der Waals surface area contributed by atoms with E-state index in [1.165, 1.54) is 24.3 Å². The van der Waals surface area contributed by atoms with Gasteiger partial charge in [-0.1, -0.05) is 67.7 Å². The van der Waals surface area contributed by atoms with Crippen LogP contribution in [0.25, 0.3) is 0 Å². The molecule has 0 unspecified atom stereocenters. The maximum Gasteiger partial charge on any atom is 0.417 e. The van der Waals surface area contributed by atoms with Crippen molar-refractivity contribution in [2.24, 2.45) is 0 Å². The van der Waals surface area contributed by atoms with Crippen molar-refractivity contribution in [2.45, 2.75) is 109 Å². The molecule has 2 aliphatic rings. The van der Waals surface area contributed by atoms with Crippen molar-refractivity contribution in [3.05, 3.63) is 68.7 Å². The van der Waals surface area contributed by atoms with Crippen LogP contribution in [0, 0.1) is 0 Å². The second kappa shape index (κ2) is 17.7. The summed E-state index contributed by atoms with van der Waals surface area (Å²) in [5, 5.41) is -0.709. The monoisotopic (exact) mass is 736 g/mol. The van der Waals surface area contributed by atoms with E-state index in [9.17, 15) is 45.5 Å². The molecule has 2 fully saturated rings. The normalized spacial score (nSPS) is 18.2. The van der Waals surface area contributed by atoms with E-state index in [0.717, 1.165) is 31.4 Å². The predicted molar refractivity (Wildman–Crippen MR) is 174 cm³/mol. The average molecular weight is 738 g/mol. The van der Waals surface area contributed by atoms with Crippen molar-refractivity contribution in [1.82, 2.24) is 9.80 Å². The number of Topliss-reactive ketones (excluding diaryl/α,β-unsaturated/α-hetero) is 2. The van der Waals surface area contributed by atoms with Gasteiger partial charge in [-0.3, -0.25) is 19.2 Å². The van der Waals surface area contributed by atoms with E-state index in [1.807, 2.05) is 13.8 Å². The van der Waals surface area contributed by atoms with Crippen molar-refractivity contribution < 1.29 is 45.5 Å². The summed E-state index contributed by atoms with van der Waals surface area (Å²) in [4.78, 5) is 51.7. The predicted octanol–water partition coefficient (Wildman–Crippen LogP) is 8.91. The number of carbonyl (C=O) groups excluding carboxylic acids is 4. The number of amides is 2. The fraction of sp³-hybridized carbons (Fsp3) is 0.543. The lowest BCUT2D eigenvalue weighted by atomic mass is 10.00. The highest BCUT2D eigenvalue weighted by molar-refractivity contribution is 6.32. The number of benzene rings is 2. The van der Waals surface area contributed by atoms with Gasteiger partial charge >= 0.3 is 12.4 Å². The number of carbonyl (C=O) groups is 4. The van der Waals surface area contributed by atoms with Crippen molar-refractivity contribution >= 4 is 46.6 Å². The van der Waals surface area contributed by atoms with Gasteiger partial charge in [-0.25, -0.2) is 0 Å². The van der Waals surface area contributed by atoms with E-state index in [1.54, 1.807) is 9.80 Å². The maximum absolute atomic E-state index is 12.9. The molecule has 2 atom stereocenters. The summed E-state index contributed by atoms with van der Waals surface area (Å²) >= 11 is 11.7. The van der Waals surface area contributed by atoms with Crippen LogP contribution < -0.4 is 0 Å². The third-order valence-corrected chi connectivity index (χ3v) is 9.56. The van der Waals surface area contributed by atoms with Crippen molar-refractivity contribution in [3.8, 4) is 0 Å². The van der Waals surface area contributed by atoms with E-state index in [4.69, 9.17) is 23.2 Å². The minimum Gasteiger partial charge on any atom is -0.333 e. The molecule has 0 spiro atoms. The molecule has 2 aliphatic heterocycles. The summed E-state index contributed by atoms with van der Waals surface area (Å²) in [5.74, 6) is -0.297. The van der Waals surface area contributed by atoms with Gasteiger partial charge < -0.3 is 9.80 Å². The number of likely N-dealkylation sites (tertiary alicyclic amines) is 2. The van der Waals surface area contributed by atoms with E-state index in [-0.39, 0.29) is 59.1 Å². The van der Waals surface area contributed by atoms with Gasteiger partial charge in [0.15, 0.2) is 11.6 Å². The lowest BCUT2D eigenvalue weighted by molar-refractivity contribution is -0.138. The first-order valence-electron chi connectivity index (χ1n) is 16.3. The Labute approximate surface area is 292 Å². The largest absolute Gasteiger partial charge is 0.417 e. The SMILES string of the molecule is CCCCN1C(=O)CC[C@H]1C(=O)CCc1cccc(C(F)(F)F)c1Cl.CCCN1C(=O)CC[C@H]1C(=O)CCc1cccc(C(F)(F)F)c1Cl. The lowest BCUT2D eigenvalue weighted by Crippen LogP contribution is -2.39. The Bertz CT molecular complexity index is 1500. The third kappa shape index (κ3) is 10.7. The molecule has 0 radical (unpaired) electrons. The number of aryl methyl sites for hydroxylation is 2. The number of alkyl halides is 6. The average Bonchev–Trinajstić information content (AvgIpc) is 3.59. The van der Waals surface area contributed by atoms with Crippen LogP contribution in [0.2, 0.25) is 10.0 Å². The van der Waals surface area contributed by atoms with Crippen LogP contribution in [0.1, 0.15) is 93.9 Å². The Morgan fingerprint density at radius 1 is 0.694 bits per heavy atom. The number of unbranched alkanes of at least 4 members (excludes halogenated alkanes) is 1. The molecule has 2 amide bonds. The van der Waals surface area contributed by atoms with Gasteiger partial charge in [0, 0.05) is 38.8 Å². The fourth-order valence-electron chi connectivity index (χ4n) is 6.10. The summed E-state index contributed by atoms with van der Waals surface area (Å²) < 4.78 is 77.2. The van der Waals surface area contributed by atoms with E-state index in [0.29, 0.717) is 49.9 Å². The Balaban J connectivity index is 0.000000266. The quantitative estimate of drug-likeness (QED) is 0.193. The van der Waals surface area contributed by atoms with Gasteiger partial charge in [0.1, 0.15) is 0 Å². The van der Waals surface area contributed by atoms with Crippen molar-refractivity contribution in [1.29, 1.82) is 0 Å². The topological polar surface area (TPSA) is 74.8 Å². The molecule has 0 aromatic heterocycles. The summed E-state index contributed by atoms with van der Waals surface area (Å²) in [6.07, 6.45) is -4.47. The molecular weight excluding hydrogens is 697 g/mol. The molecule has 0 aliphatic carbocycles. The zero-order valence-corrected chi connectivity index (χ0v) is 28.9. The second-order valence-corrected chi connectivity index (χ2v) is 12.9. The van der Waals surface area contributed by atoms with Crippen LogP contribution in [0.5, 0.6) is 0 Å². The molecule has 0 saturated carbocycles. The summed E-state index contributed by atoms with van der Waals surface area (Å²) in [7, 11) is 0. The van der Waals surface area contributed by atoms with Gasteiger partial charge in [0.2, 0.25) is 11.8 Å². The Kier molecular flexibility index (Phi) is 14.6. The highest BCUT2D eigenvalue weighted by atomic mass is 35.5. The van der Waals surface area contributed by atoms with Gasteiger partial charge in [0.25, 0.3) is 0 Å². The van der Waals surface area contributed by atoms with Gasteiger partial charge in [0.05, 0.1) is 33.3 Å². The molecule has 49 heavy (non-hydrogen) atoms. The van der Waals surface area contributed by atoms with Crippen LogP contribution in [-0.2, 0) is 44.4 Å². The van der Waals surface area contributed by atoms with Crippen LogP contribution in [0.3, 0.4) is 0 Å². The molecular formula is C35H40Cl2F6N2O4. The number of hydrogen-bond donors (Lipinski definition) is 0. The molecule has 0 N–H and O–H groups in total. The number of rotatable bonds is 13. The molecule has 4 rings (SSSR count). The molecule has 2 saturated heterocycles. The fourth-order valence-corrected chi connectivity index (χ4v) is 6.75. The van der Waals surface area contributed by atoms with Gasteiger partial charge in [-0.05, 0) is 61.8 Å². The smallest absolute Gasteiger partial charge is 0.333 e. The highest BCUT2D eigenvalue weighted by Gasteiger charge is 2.38. The van der Waals surface area contributed by atoms with Crippen molar-refractivity contribution in [2.75, 3.05) is 13.1 Å². The first-order chi connectivity index (χ1) is 23.0. The molecule has 2 aromatic rings. The molecule has 270 valence electrons. The standard InChI is InChI=1S/C18H21ClF3NO2.C17H19ClF3NO2/c1-2-3-11-23-14(8-10-16(23)25)15(24)9-7-12-5-4-6-13(17(12)19)18(20,21)22;1-2-10-22-13(7-9-15(22)24)14(23)8-6-11-4-3-5-12(16(11)18)17(19,20)21/h4-6,14H,2-3,7-11H2,1H3;3-5,13H,2,6-10H2,1H3/t14-;13-/m00/s1. The summed E-state index contributed by atoms with van der Waals surface area (Å²) in [6.45, 7) is 5.01. The van der Waals surface area contributed by atoms with E-state index in [2.05, 4.69) is 0 Å². The molecule has 0 bridgehead atoms. The summed E-state index contributed by atoms with van der Waals surface area (Å²) in [6, 6.07) is 6.51. The van der Waals surface area contributed by atoms with Crippen LogP contribution >= 0.6 is 23.2 Å². The zero-order valence-electron chi connectivity index (χ0n) is 27.4. The van der Waals surface area contributed by atoms with Crippen LogP contribution in [0.4, 0.5) is 26.3 Å². The Hall–Kier alpha value is -3.12. The summed E-state index contributed by atoms with van der Waals surface area (Å²) in [5.41, 5.74) is -1.18. The number of ketones is 2. The first kappa shape index (κ1) is 40.3. The van der Waals surface area contributed by atoms with E-state index >= 15 is 0 Å². The molecule has 2 heterocycles. The van der Waals surface area contributed by atoms with Crippen LogP contribution in [-0.4, -0.2) is 58.4 Å². The Morgan fingerprint density at radius 2 is 1.10 bits per heavy atom. The number of hydrogen-bond acceptors (Lipinski definition) is 4. The molecule has 6 nitrogen and oxygen atoms in total. The van der Waals surface area contributed by atoms with Crippen LogP contribution in [0.15, 0.2) is 36.4 Å². The van der Waals surface area contributed by atoms with E-state index < -0.39 is 35.6 Å². The zero-order chi connectivity index (χ0) is 36.5. The van der Waals surface area contributed by atoms with Gasteiger partial charge in [-0.2, -0.15) is 26.3 Å². The minimum absolute atomic E-state index is 0.0242. The lowest BCUT2D eigenvalue weighted by Gasteiger charge is -2.23. The number of nitrogens with zero attached hydrogens (tertiary/aromatic N) is 2.